The van der Waals surface area contributed by atoms with Crippen molar-refractivity contribution in [1.29, 1.82) is 0 Å². The highest BCUT2D eigenvalue weighted by Gasteiger charge is 2.78. The molecule has 6 N–H and O–H groups in total. The number of carbonyl (C=O) groups excluding carboxylic acids is 7. The summed E-state index contributed by atoms with van der Waals surface area (Å²) in [5.41, 5.74) is 0.240. The molecule has 3 amide bonds. The summed E-state index contributed by atoms with van der Waals surface area (Å²) in [7, 11) is 4.36. The molecule has 3 aliphatic carbocycles. The fourth-order valence-corrected chi connectivity index (χ4v) is 13.8. The van der Waals surface area contributed by atoms with Crippen LogP contribution in [0.3, 0.4) is 0 Å². The summed E-state index contributed by atoms with van der Waals surface area (Å²) in [6.07, 6.45) is -10.8. The second kappa shape index (κ2) is 27.5. The molecular formula is C68H81ClN8O18. The molecule has 4 heterocycles. The van der Waals surface area contributed by atoms with Crippen molar-refractivity contribution in [3.05, 3.63) is 123 Å². The van der Waals surface area contributed by atoms with Gasteiger partial charge in [-0.15, -0.1) is 0 Å². The number of ketones is 1. The minimum Gasteiger partial charge on any atom is -0.496 e. The SMILES string of the molecule is COc1c(C)cnc(Cn2cc(C#CCCOC(=O)N(C)CCN(C)C(=O)O[C@@H](C(=O)O[C@H]3C[C@@]4(O)[C@@H](OC(=O)c5ccccc5)[C@H]5[C@]6(OC(C)=O)CO[C@@H]6C[C@H](O)[C@@]5(C)C(=O)[C@H](O)C(=C3C)C4(C)C)[C@@H](NC(=O)OC(C)(C)C)c3ccccc3)c3c(Cl)nc(N)nc32)c1C. The molecule has 2 aromatic carbocycles. The van der Waals surface area contributed by atoms with E-state index in [4.69, 9.17) is 55.2 Å². The van der Waals surface area contributed by atoms with Gasteiger partial charge in [-0.05, 0) is 77.3 Å². The van der Waals surface area contributed by atoms with Crippen LogP contribution in [0.25, 0.3) is 11.0 Å². The number of alkyl carbamates (subject to hydrolysis) is 1. The Morgan fingerprint density at radius 2 is 1.60 bits per heavy atom. The lowest BCUT2D eigenvalue weighted by atomic mass is 9.44. The van der Waals surface area contributed by atoms with Crippen LogP contribution >= 0.6 is 11.6 Å². The monoisotopic (exact) mass is 1330 g/mol. The van der Waals surface area contributed by atoms with E-state index in [2.05, 4.69) is 32.1 Å². The van der Waals surface area contributed by atoms with Crippen molar-refractivity contribution in [3.8, 4) is 17.6 Å². The van der Waals surface area contributed by atoms with Crippen LogP contribution in [0, 0.1) is 42.4 Å². The van der Waals surface area contributed by atoms with Gasteiger partial charge in [0.15, 0.2) is 11.4 Å². The quantitative estimate of drug-likeness (QED) is 0.0158. The molecule has 11 atom stereocenters. The number of nitrogen functional groups attached to an aromatic ring is 1. The van der Waals surface area contributed by atoms with Crippen molar-refractivity contribution in [2.24, 2.45) is 16.7 Å². The maximum absolute atomic E-state index is 15.5. The predicted octanol–water partition coefficient (Wildman–Crippen LogP) is 6.89. The number of fused-ring (bicyclic) bond motifs is 6. The lowest BCUT2D eigenvalue weighted by Crippen LogP contribution is -2.81. The van der Waals surface area contributed by atoms with Crippen molar-refractivity contribution < 1.29 is 86.8 Å². The number of halogens is 1. The number of nitrogens with zero attached hydrogens (tertiary/aromatic N) is 6. The number of carbonyl (C=O) groups is 7. The number of aliphatic hydroxyl groups is 3. The number of anilines is 1. The fourth-order valence-electron chi connectivity index (χ4n) is 13.6. The summed E-state index contributed by atoms with van der Waals surface area (Å²) in [5.74, 6) is 1.02. The average Bonchev–Trinajstić information content (AvgIpc) is 0.913. The molecular weight excluding hydrogens is 1250 g/mol. The van der Waals surface area contributed by atoms with Crippen LogP contribution in [0.2, 0.25) is 5.15 Å². The van der Waals surface area contributed by atoms with Gasteiger partial charge in [-0.3, -0.25) is 14.6 Å². The van der Waals surface area contributed by atoms with Crippen LogP contribution < -0.4 is 15.8 Å². The van der Waals surface area contributed by atoms with Gasteiger partial charge in [0.1, 0.15) is 64.8 Å². The zero-order valence-corrected chi connectivity index (χ0v) is 56.1. The predicted molar refractivity (Wildman–Crippen MR) is 342 cm³/mol. The van der Waals surface area contributed by atoms with E-state index in [-0.39, 0.29) is 79.1 Å². The third-order valence-electron chi connectivity index (χ3n) is 18.6. The first-order valence-electron chi connectivity index (χ1n) is 30.9. The Morgan fingerprint density at radius 3 is 2.22 bits per heavy atom. The number of nitrogens with one attached hydrogen (secondary N) is 1. The normalized spacial score (nSPS) is 24.8. The van der Waals surface area contributed by atoms with Gasteiger partial charge < -0.3 is 78.6 Å². The second-order valence-electron chi connectivity index (χ2n) is 26.2. The Bertz CT molecular complexity index is 3900. The lowest BCUT2D eigenvalue weighted by molar-refractivity contribution is -0.346. The molecule has 27 heteroatoms. The van der Waals surface area contributed by atoms with Gasteiger partial charge in [0, 0.05) is 82.3 Å². The van der Waals surface area contributed by atoms with Gasteiger partial charge >= 0.3 is 36.2 Å². The summed E-state index contributed by atoms with van der Waals surface area (Å²) in [5, 5.41) is 41.9. The molecule has 1 saturated heterocycles. The number of nitrogens with two attached hydrogens (primary N) is 1. The summed E-state index contributed by atoms with van der Waals surface area (Å²) < 4.78 is 49.5. The maximum Gasteiger partial charge on any atom is 0.410 e. The van der Waals surface area contributed by atoms with E-state index in [0.717, 1.165) is 28.6 Å². The van der Waals surface area contributed by atoms with Crippen LogP contribution in [-0.2, 0) is 54.1 Å². The lowest BCUT2D eigenvalue weighted by Gasteiger charge is -2.67. The van der Waals surface area contributed by atoms with E-state index in [1.54, 1.807) is 88.8 Å². The molecule has 0 spiro atoms. The number of aliphatic hydroxyl groups excluding tert-OH is 2. The molecule has 0 radical (unpaired) electrons. The Labute approximate surface area is 554 Å². The van der Waals surface area contributed by atoms with E-state index in [1.165, 1.54) is 58.8 Å². The number of esters is 3. The van der Waals surface area contributed by atoms with E-state index >= 15 is 9.59 Å². The second-order valence-corrected chi connectivity index (χ2v) is 26.6. The molecule has 5 aromatic rings. The molecule has 508 valence electrons. The van der Waals surface area contributed by atoms with Crippen molar-refractivity contribution in [2.45, 2.75) is 155 Å². The molecule has 2 bridgehead atoms. The molecule has 9 rings (SSSR count). The number of amides is 3. The molecule has 3 fully saturated rings. The number of hydrogen-bond acceptors (Lipinski definition) is 22. The van der Waals surface area contributed by atoms with E-state index in [0.29, 0.717) is 22.3 Å². The fraction of sp³-hybridized carbons (Fsp3) is 0.500. The zero-order valence-electron chi connectivity index (χ0n) is 55.3. The largest absolute Gasteiger partial charge is 0.496 e. The highest BCUT2D eigenvalue weighted by Crippen LogP contribution is 2.64. The maximum atomic E-state index is 15.5. The zero-order chi connectivity index (χ0) is 69.4. The molecule has 3 aromatic heterocycles. The Kier molecular flexibility index (Phi) is 20.4. The number of pyridine rings is 1. The number of aryl methyl sites for hydroxylation is 1. The molecule has 95 heavy (non-hydrogen) atoms. The standard InChI is InChI=1S/C68H81ClN8O18/c1-36-32-71-43(37(2)51(36)88-13)34-77-33-42(47-56(69)73-60(70)74-57(47)77)26-20-21-29-89-62(85)75(11)27-28-76(12)63(86)92-52(49(40-22-16-14-17-23-40)72-61(84)95-64(5,6)7)59(83)91-44-31-68(87)55(93-58(82)41-24-18-15-19-25-41)53-66(10,54(81)50(80)48(38(44)3)65(68,8)9)45(79)30-46-67(53,35-90-46)94-39(4)78/h14-19,22-25,32-33,44-46,49-50,52-53,55,79-80,87H,21,27-31,34-35H2,1-13H3,(H,72,84)(H2,70,73,74)/t44-,45-,46+,49-,50+,52+,53+,55-,66+,67-,68+/m0/s1. The van der Waals surface area contributed by atoms with Crippen LogP contribution in [0.4, 0.5) is 20.3 Å². The van der Waals surface area contributed by atoms with Crippen molar-refractivity contribution >= 4 is 70.6 Å². The summed E-state index contributed by atoms with van der Waals surface area (Å²) >= 11 is 6.59. The summed E-state index contributed by atoms with van der Waals surface area (Å²) in [6, 6.07) is 14.2. The van der Waals surface area contributed by atoms with Gasteiger partial charge in [-0.25, -0.2) is 29.0 Å². The molecule has 2 saturated carbocycles. The van der Waals surface area contributed by atoms with Gasteiger partial charge in [0.2, 0.25) is 12.1 Å². The topological polar surface area (TPSA) is 342 Å². The number of benzene rings is 2. The number of rotatable bonds is 17. The molecule has 1 aliphatic heterocycles. The Hall–Kier alpha value is -8.87. The first-order chi connectivity index (χ1) is 44.7. The van der Waals surface area contributed by atoms with Crippen molar-refractivity contribution in [1.82, 2.24) is 34.6 Å². The third-order valence-corrected chi connectivity index (χ3v) is 18.9. The highest BCUT2D eigenvalue weighted by atomic mass is 35.5. The van der Waals surface area contributed by atoms with Crippen LogP contribution in [-0.4, -0.2) is 188 Å². The number of methoxy groups -OCH3 is 1. The van der Waals surface area contributed by atoms with E-state index < -0.39 is 125 Å². The number of Topliss-reactive ketones (excluding diaryl/α,β-unsaturated/α-hetero) is 1. The Balaban J connectivity index is 0.971. The van der Waals surface area contributed by atoms with Gasteiger partial charge in [0.05, 0.1) is 59.9 Å². The first-order valence-corrected chi connectivity index (χ1v) is 31.3. The number of hydrogen-bond donors (Lipinski definition) is 5. The van der Waals surface area contributed by atoms with Crippen LogP contribution in [0.1, 0.15) is 119 Å². The minimum atomic E-state index is -2.50. The minimum absolute atomic E-state index is 0.0233. The molecule has 0 unspecified atom stereocenters. The van der Waals surface area contributed by atoms with E-state index in [9.17, 15) is 39.3 Å². The van der Waals surface area contributed by atoms with Crippen LogP contribution in [0.5, 0.6) is 5.75 Å². The highest BCUT2D eigenvalue weighted by molar-refractivity contribution is 6.34. The number of aromatic nitrogens is 4. The van der Waals surface area contributed by atoms with Gasteiger partial charge in [0.25, 0.3) is 0 Å². The summed E-state index contributed by atoms with van der Waals surface area (Å²) in [4.78, 5) is 116. The van der Waals surface area contributed by atoms with Crippen molar-refractivity contribution in [3.63, 3.8) is 0 Å². The molecule has 4 aliphatic rings. The van der Waals surface area contributed by atoms with Gasteiger partial charge in [-0.2, -0.15) is 4.98 Å². The Morgan fingerprint density at radius 1 is 0.947 bits per heavy atom. The number of likely N-dealkylation sites (N-methyl/N-ethyl adjacent to an activating group) is 2. The van der Waals surface area contributed by atoms with Crippen LogP contribution in [0.15, 0.2) is 84.2 Å². The molecule has 26 nitrogen and oxygen atoms in total. The smallest absolute Gasteiger partial charge is 0.410 e. The number of ether oxygens (including phenoxy) is 8. The van der Waals surface area contributed by atoms with E-state index in [1.807, 2.05) is 18.4 Å². The average molecular weight is 1330 g/mol. The first kappa shape index (κ1) is 70.4. The van der Waals surface area contributed by atoms with Crippen molar-refractivity contribution in [2.75, 3.05) is 53.2 Å². The third kappa shape index (κ3) is 13.7. The summed E-state index contributed by atoms with van der Waals surface area (Å²) in [6.45, 7) is 15.1. The van der Waals surface area contributed by atoms with Gasteiger partial charge in [-0.1, -0.05) is 85.8 Å².